The number of aryl methyl sites for hydroxylation is 1. The predicted molar refractivity (Wildman–Crippen MR) is 87.1 cm³/mol. The van der Waals surface area contributed by atoms with Gasteiger partial charge in [0.1, 0.15) is 5.82 Å². The third kappa shape index (κ3) is 3.04. The molecule has 5 nitrogen and oxygen atoms in total. The number of carbonyl (C=O) groups is 1. The number of aromatic amines is 1. The molecule has 0 radical (unpaired) electrons. The highest BCUT2D eigenvalue weighted by molar-refractivity contribution is 6.06. The third-order valence-corrected chi connectivity index (χ3v) is 4.28. The van der Waals surface area contributed by atoms with Crippen molar-refractivity contribution in [3.05, 3.63) is 47.7 Å². The van der Waals surface area contributed by atoms with Gasteiger partial charge in [-0.15, -0.1) is 0 Å². The molecule has 0 aliphatic carbocycles. The van der Waals surface area contributed by atoms with Crippen LogP contribution in [0.5, 0.6) is 0 Å². The Morgan fingerprint density at radius 1 is 1.32 bits per heavy atom. The number of aromatic nitrogens is 2. The first kappa shape index (κ1) is 14.8. The Morgan fingerprint density at radius 3 is 2.73 bits per heavy atom. The van der Waals surface area contributed by atoms with E-state index in [0.717, 1.165) is 42.9 Å². The maximum absolute atomic E-state index is 13.0. The van der Waals surface area contributed by atoms with Gasteiger partial charge in [0.15, 0.2) is 0 Å². The maximum Gasteiger partial charge on any atom is 0.259 e. The van der Waals surface area contributed by atoms with Crippen LogP contribution in [-0.4, -0.2) is 47.2 Å². The van der Waals surface area contributed by atoms with E-state index >= 15 is 0 Å². The number of carbonyl (C=O) groups excluding carboxylic acids is 1. The van der Waals surface area contributed by atoms with Gasteiger partial charge in [-0.1, -0.05) is 17.7 Å². The van der Waals surface area contributed by atoms with Crippen molar-refractivity contribution in [2.75, 3.05) is 25.0 Å². The van der Waals surface area contributed by atoms with Crippen molar-refractivity contribution < 1.29 is 4.79 Å². The molecule has 1 aliphatic heterocycles. The number of hydrogen-bond donors (Lipinski definition) is 1. The molecule has 2 heterocycles. The molecule has 1 aromatic carbocycles. The van der Waals surface area contributed by atoms with E-state index in [9.17, 15) is 4.79 Å². The second kappa shape index (κ2) is 6.32. The molecule has 1 N–H and O–H groups in total. The lowest BCUT2D eigenvalue weighted by atomic mass is 10.0. The van der Waals surface area contributed by atoms with Crippen LogP contribution >= 0.6 is 0 Å². The van der Waals surface area contributed by atoms with E-state index in [2.05, 4.69) is 22.1 Å². The number of piperidine rings is 1. The minimum Gasteiger partial charge on any atom is -0.306 e. The summed E-state index contributed by atoms with van der Waals surface area (Å²) in [5.74, 6) is 0.823. The van der Waals surface area contributed by atoms with E-state index < -0.39 is 0 Å². The van der Waals surface area contributed by atoms with E-state index in [4.69, 9.17) is 0 Å². The van der Waals surface area contributed by atoms with Crippen LogP contribution in [0.2, 0.25) is 0 Å². The smallest absolute Gasteiger partial charge is 0.259 e. The summed E-state index contributed by atoms with van der Waals surface area (Å²) in [5.41, 5.74) is 1.83. The van der Waals surface area contributed by atoms with Crippen molar-refractivity contribution in [1.82, 2.24) is 15.1 Å². The highest BCUT2D eigenvalue weighted by Gasteiger charge is 2.29. The molecule has 0 bridgehead atoms. The fraction of sp³-hybridized carbons (Fsp3) is 0.412. The van der Waals surface area contributed by atoms with Crippen LogP contribution in [0.3, 0.4) is 0 Å². The molecule has 0 spiro atoms. The van der Waals surface area contributed by atoms with E-state index in [-0.39, 0.29) is 11.9 Å². The van der Waals surface area contributed by atoms with Gasteiger partial charge in [-0.3, -0.25) is 14.8 Å². The SMILES string of the molecule is Cc1cccc(C(=O)N(c2ccn[nH]2)C2CCN(C)CC2)c1. The van der Waals surface area contributed by atoms with Crippen molar-refractivity contribution in [2.45, 2.75) is 25.8 Å². The molecule has 0 unspecified atom stereocenters. The van der Waals surface area contributed by atoms with Crippen molar-refractivity contribution in [1.29, 1.82) is 0 Å². The number of H-pyrrole nitrogens is 1. The summed E-state index contributed by atoms with van der Waals surface area (Å²) in [4.78, 5) is 17.2. The summed E-state index contributed by atoms with van der Waals surface area (Å²) < 4.78 is 0. The van der Waals surface area contributed by atoms with Crippen LogP contribution < -0.4 is 4.90 Å². The van der Waals surface area contributed by atoms with Gasteiger partial charge in [-0.2, -0.15) is 5.10 Å². The molecule has 116 valence electrons. The lowest BCUT2D eigenvalue weighted by Crippen LogP contribution is -2.47. The van der Waals surface area contributed by atoms with Crippen LogP contribution in [0.15, 0.2) is 36.5 Å². The second-order valence-electron chi connectivity index (χ2n) is 6.02. The number of nitrogens with zero attached hydrogens (tertiary/aromatic N) is 3. The van der Waals surface area contributed by atoms with Crippen LogP contribution in [0, 0.1) is 6.92 Å². The summed E-state index contributed by atoms with van der Waals surface area (Å²) in [6.07, 6.45) is 3.65. The Hall–Kier alpha value is -2.14. The number of amides is 1. The molecule has 1 fully saturated rings. The lowest BCUT2D eigenvalue weighted by Gasteiger charge is -2.36. The zero-order chi connectivity index (χ0) is 15.5. The Kier molecular flexibility index (Phi) is 4.24. The number of anilines is 1. The first-order chi connectivity index (χ1) is 10.6. The monoisotopic (exact) mass is 298 g/mol. The second-order valence-corrected chi connectivity index (χ2v) is 6.02. The first-order valence-corrected chi connectivity index (χ1v) is 7.73. The summed E-state index contributed by atoms with van der Waals surface area (Å²) in [6.45, 7) is 4.03. The normalized spacial score (nSPS) is 16.6. The minimum atomic E-state index is 0.0440. The van der Waals surface area contributed by atoms with Gasteiger partial charge in [0.05, 0.1) is 6.20 Å². The van der Waals surface area contributed by atoms with Gasteiger partial charge in [0, 0.05) is 17.7 Å². The fourth-order valence-electron chi connectivity index (χ4n) is 3.02. The Balaban J connectivity index is 1.90. The quantitative estimate of drug-likeness (QED) is 0.947. The topological polar surface area (TPSA) is 52.2 Å². The molecule has 0 atom stereocenters. The van der Waals surface area contributed by atoms with Gasteiger partial charge >= 0.3 is 0 Å². The van der Waals surface area contributed by atoms with Crippen LogP contribution in [0.1, 0.15) is 28.8 Å². The fourth-order valence-corrected chi connectivity index (χ4v) is 3.02. The lowest BCUT2D eigenvalue weighted by molar-refractivity contribution is 0.0962. The largest absolute Gasteiger partial charge is 0.306 e. The molecule has 3 rings (SSSR count). The number of nitrogens with one attached hydrogen (secondary N) is 1. The molecule has 1 aliphatic rings. The van der Waals surface area contributed by atoms with Gasteiger partial charge in [0.2, 0.25) is 0 Å². The standard InChI is InChI=1S/C17H22N4O/c1-13-4-3-5-14(12-13)17(22)21(16-6-9-18-19-16)15-7-10-20(2)11-8-15/h3-6,9,12,15H,7-8,10-11H2,1-2H3,(H,18,19). The van der Waals surface area contributed by atoms with E-state index in [1.807, 2.05) is 42.2 Å². The Morgan fingerprint density at radius 2 is 2.09 bits per heavy atom. The Bertz CT molecular complexity index is 630. The predicted octanol–water partition coefficient (Wildman–Crippen LogP) is 2.46. The van der Waals surface area contributed by atoms with Crippen LogP contribution in [-0.2, 0) is 0 Å². The average Bonchev–Trinajstić information content (AvgIpc) is 3.03. The zero-order valence-electron chi connectivity index (χ0n) is 13.1. The van der Waals surface area contributed by atoms with Gasteiger partial charge in [-0.25, -0.2) is 0 Å². The summed E-state index contributed by atoms with van der Waals surface area (Å²) >= 11 is 0. The summed E-state index contributed by atoms with van der Waals surface area (Å²) in [5, 5.41) is 6.97. The van der Waals surface area contributed by atoms with Crippen molar-refractivity contribution >= 4 is 11.7 Å². The number of benzene rings is 1. The Labute approximate surface area is 130 Å². The van der Waals surface area contributed by atoms with E-state index in [0.29, 0.717) is 0 Å². The highest BCUT2D eigenvalue weighted by Crippen LogP contribution is 2.24. The average molecular weight is 298 g/mol. The van der Waals surface area contributed by atoms with Gasteiger partial charge in [0.25, 0.3) is 5.91 Å². The first-order valence-electron chi connectivity index (χ1n) is 7.73. The van der Waals surface area contributed by atoms with Crippen LogP contribution in [0.25, 0.3) is 0 Å². The number of rotatable bonds is 3. The van der Waals surface area contributed by atoms with Crippen molar-refractivity contribution in [2.24, 2.45) is 0 Å². The van der Waals surface area contributed by atoms with Crippen LogP contribution in [0.4, 0.5) is 5.82 Å². The zero-order valence-corrected chi connectivity index (χ0v) is 13.1. The molecular formula is C17H22N4O. The van der Waals surface area contributed by atoms with Gasteiger partial charge in [-0.05, 0) is 52.0 Å². The van der Waals surface area contributed by atoms with E-state index in [1.54, 1.807) is 6.20 Å². The molecule has 0 saturated carbocycles. The van der Waals surface area contributed by atoms with E-state index in [1.165, 1.54) is 0 Å². The maximum atomic E-state index is 13.0. The highest BCUT2D eigenvalue weighted by atomic mass is 16.2. The van der Waals surface area contributed by atoms with Gasteiger partial charge < -0.3 is 4.90 Å². The summed E-state index contributed by atoms with van der Waals surface area (Å²) in [7, 11) is 2.12. The summed E-state index contributed by atoms with van der Waals surface area (Å²) in [6, 6.07) is 9.85. The molecule has 5 heteroatoms. The molecular weight excluding hydrogens is 276 g/mol. The van der Waals surface area contributed by atoms with Crippen molar-refractivity contribution in [3.8, 4) is 0 Å². The number of likely N-dealkylation sites (tertiary alicyclic amines) is 1. The minimum absolute atomic E-state index is 0.0440. The van der Waals surface area contributed by atoms with Crippen molar-refractivity contribution in [3.63, 3.8) is 0 Å². The number of hydrogen-bond acceptors (Lipinski definition) is 3. The molecule has 1 aromatic heterocycles. The molecule has 2 aromatic rings. The molecule has 22 heavy (non-hydrogen) atoms. The third-order valence-electron chi connectivity index (χ3n) is 4.28. The molecule has 1 saturated heterocycles. The molecule has 1 amide bonds.